The van der Waals surface area contributed by atoms with Crippen LogP contribution < -0.4 is 4.90 Å². The predicted octanol–water partition coefficient (Wildman–Crippen LogP) is 13.0. The fourth-order valence-corrected chi connectivity index (χ4v) is 7.63. The molecule has 0 aliphatic rings. The lowest BCUT2D eigenvalue weighted by Crippen LogP contribution is -2.13. The third kappa shape index (κ3) is 4.29. The van der Waals surface area contributed by atoms with E-state index in [-0.39, 0.29) is 0 Å². The van der Waals surface area contributed by atoms with Gasteiger partial charge in [-0.1, -0.05) is 127 Å². The molecule has 0 N–H and O–H groups in total. The van der Waals surface area contributed by atoms with Crippen molar-refractivity contribution in [3.05, 3.63) is 182 Å². The van der Waals surface area contributed by atoms with Crippen LogP contribution in [0.4, 0.5) is 17.1 Å². The molecule has 0 saturated heterocycles. The zero-order valence-electron chi connectivity index (χ0n) is 26.6. The molecule has 8 aromatic carbocycles. The molecule has 2 heterocycles. The molecule has 0 amide bonds. The lowest BCUT2D eigenvalue weighted by molar-refractivity contribution is 0.669. The minimum atomic E-state index is 0.862. The molecule has 3 heteroatoms. The van der Waals surface area contributed by atoms with Gasteiger partial charge < -0.3 is 13.9 Å². The Labute approximate surface area is 283 Å². The molecule has 0 spiro atoms. The smallest absolute Gasteiger partial charge is 0.137 e. The van der Waals surface area contributed by atoms with Gasteiger partial charge in [-0.05, 0) is 70.9 Å². The largest absolute Gasteiger partial charge is 0.456 e. The summed E-state index contributed by atoms with van der Waals surface area (Å²) in [5.41, 5.74) is 10.7. The van der Waals surface area contributed by atoms with Crippen LogP contribution in [0.25, 0.3) is 71.3 Å². The van der Waals surface area contributed by atoms with E-state index in [9.17, 15) is 0 Å². The molecule has 10 rings (SSSR count). The maximum absolute atomic E-state index is 6.63. The van der Waals surface area contributed by atoms with Gasteiger partial charge in [0.15, 0.2) is 0 Å². The van der Waals surface area contributed by atoms with Crippen molar-refractivity contribution >= 4 is 71.6 Å². The first kappa shape index (κ1) is 27.5. The molecule has 0 saturated carbocycles. The molecule has 2 aromatic heterocycles. The predicted molar refractivity (Wildman–Crippen MR) is 206 cm³/mol. The Morgan fingerprint density at radius 3 is 1.92 bits per heavy atom. The maximum atomic E-state index is 6.63. The van der Waals surface area contributed by atoms with Gasteiger partial charge in [-0.2, -0.15) is 0 Å². The molecule has 0 unspecified atom stereocenters. The highest BCUT2D eigenvalue weighted by atomic mass is 16.3. The number of para-hydroxylation sites is 4. The second kappa shape index (κ2) is 11.0. The molecular formula is C46H30N2O. The molecule has 49 heavy (non-hydrogen) atoms. The molecule has 0 aliphatic heterocycles. The van der Waals surface area contributed by atoms with Gasteiger partial charge in [0.2, 0.25) is 0 Å². The van der Waals surface area contributed by atoms with Crippen molar-refractivity contribution in [3.63, 3.8) is 0 Å². The van der Waals surface area contributed by atoms with Crippen LogP contribution in [-0.2, 0) is 0 Å². The molecule has 0 fully saturated rings. The summed E-state index contributed by atoms with van der Waals surface area (Å²) in [5.74, 6) is 0. The van der Waals surface area contributed by atoms with Gasteiger partial charge in [0, 0.05) is 27.4 Å². The summed E-state index contributed by atoms with van der Waals surface area (Å²) in [7, 11) is 0. The highest BCUT2D eigenvalue weighted by Crippen LogP contribution is 2.49. The van der Waals surface area contributed by atoms with Crippen molar-refractivity contribution in [1.29, 1.82) is 0 Å². The molecule has 10 aromatic rings. The number of benzene rings is 8. The van der Waals surface area contributed by atoms with Crippen LogP contribution in [0, 0.1) is 0 Å². The van der Waals surface area contributed by atoms with Gasteiger partial charge in [-0.3, -0.25) is 0 Å². The van der Waals surface area contributed by atoms with Crippen LogP contribution >= 0.6 is 0 Å². The summed E-state index contributed by atoms with van der Waals surface area (Å²) in [4.78, 5) is 2.45. The van der Waals surface area contributed by atoms with Crippen molar-refractivity contribution < 1.29 is 4.42 Å². The van der Waals surface area contributed by atoms with E-state index < -0.39 is 0 Å². The monoisotopic (exact) mass is 626 g/mol. The number of nitrogens with zero attached hydrogens (tertiary/aromatic N) is 2. The van der Waals surface area contributed by atoms with Crippen LogP contribution in [0.3, 0.4) is 0 Å². The Bertz CT molecular complexity index is 2830. The summed E-state index contributed by atoms with van der Waals surface area (Å²) >= 11 is 0. The average molecular weight is 627 g/mol. The van der Waals surface area contributed by atoms with E-state index in [1.54, 1.807) is 0 Å². The number of rotatable bonds is 5. The fourth-order valence-electron chi connectivity index (χ4n) is 7.63. The fraction of sp³-hybridized carbons (Fsp3) is 0. The standard InChI is InChI=1S/C46H30N2O/c1-3-15-31(16-4-1)35-21-9-11-24-39(35)48(41-26-14-28-43-45(41)38-29-32-17-7-8-18-33(32)30-44(38)49-43)42-27-13-23-37-36-22-10-12-25-40(36)47(46(37)42)34-19-5-2-6-20-34/h1-30H. The third-order valence-electron chi connectivity index (χ3n) is 9.74. The van der Waals surface area contributed by atoms with Crippen LogP contribution in [-0.4, -0.2) is 4.57 Å². The van der Waals surface area contributed by atoms with E-state index in [1.807, 2.05) is 0 Å². The Morgan fingerprint density at radius 1 is 0.429 bits per heavy atom. The van der Waals surface area contributed by atoms with Crippen molar-refractivity contribution in [2.24, 2.45) is 0 Å². The second-order valence-electron chi connectivity index (χ2n) is 12.5. The summed E-state index contributed by atoms with van der Waals surface area (Å²) in [6.45, 7) is 0. The van der Waals surface area contributed by atoms with E-state index in [0.717, 1.165) is 61.3 Å². The van der Waals surface area contributed by atoms with Crippen molar-refractivity contribution in [2.75, 3.05) is 4.90 Å². The number of aromatic nitrogens is 1. The molecule has 230 valence electrons. The van der Waals surface area contributed by atoms with Gasteiger partial charge in [0.25, 0.3) is 0 Å². The van der Waals surface area contributed by atoms with Gasteiger partial charge in [0.1, 0.15) is 11.2 Å². The second-order valence-corrected chi connectivity index (χ2v) is 12.5. The summed E-state index contributed by atoms with van der Waals surface area (Å²) < 4.78 is 9.05. The van der Waals surface area contributed by atoms with E-state index in [0.29, 0.717) is 0 Å². The number of furan rings is 1. The average Bonchev–Trinajstić information content (AvgIpc) is 3.71. The molecule has 0 aliphatic carbocycles. The highest BCUT2D eigenvalue weighted by Gasteiger charge is 2.26. The quantitative estimate of drug-likeness (QED) is 0.190. The molecule has 0 atom stereocenters. The van der Waals surface area contributed by atoms with Crippen molar-refractivity contribution in [3.8, 4) is 16.8 Å². The van der Waals surface area contributed by atoms with E-state index >= 15 is 0 Å². The Hall–Kier alpha value is -6.58. The Morgan fingerprint density at radius 2 is 1.06 bits per heavy atom. The van der Waals surface area contributed by atoms with Crippen LogP contribution in [0.1, 0.15) is 0 Å². The molecular weight excluding hydrogens is 597 g/mol. The highest BCUT2D eigenvalue weighted by molar-refractivity contribution is 6.19. The summed E-state index contributed by atoms with van der Waals surface area (Å²) in [6.07, 6.45) is 0. The SMILES string of the molecule is c1ccc(-c2ccccc2N(c2cccc3oc4cc5ccccc5cc4c23)c2cccc3c4ccccc4n(-c4ccccc4)c23)cc1. The summed E-state index contributed by atoms with van der Waals surface area (Å²) in [6, 6.07) is 65.0. The molecule has 0 bridgehead atoms. The van der Waals surface area contributed by atoms with Crippen LogP contribution in [0.2, 0.25) is 0 Å². The van der Waals surface area contributed by atoms with Gasteiger partial charge in [0.05, 0.1) is 33.5 Å². The van der Waals surface area contributed by atoms with Gasteiger partial charge in [-0.15, -0.1) is 0 Å². The third-order valence-corrected chi connectivity index (χ3v) is 9.74. The first-order chi connectivity index (χ1) is 24.3. The minimum absolute atomic E-state index is 0.862. The van der Waals surface area contributed by atoms with Crippen molar-refractivity contribution in [1.82, 2.24) is 4.57 Å². The lowest BCUT2D eigenvalue weighted by atomic mass is 10.00. The maximum Gasteiger partial charge on any atom is 0.137 e. The molecule has 0 radical (unpaired) electrons. The lowest BCUT2D eigenvalue weighted by Gasteiger charge is -2.29. The zero-order valence-corrected chi connectivity index (χ0v) is 26.6. The van der Waals surface area contributed by atoms with Gasteiger partial charge >= 0.3 is 0 Å². The Kier molecular flexibility index (Phi) is 6.18. The minimum Gasteiger partial charge on any atom is -0.456 e. The Balaban J connectivity index is 1.37. The van der Waals surface area contributed by atoms with Crippen LogP contribution in [0.15, 0.2) is 186 Å². The van der Waals surface area contributed by atoms with E-state index in [1.165, 1.54) is 27.1 Å². The number of anilines is 3. The topological polar surface area (TPSA) is 21.3 Å². The number of fused-ring (bicyclic) bond motifs is 7. The molecule has 3 nitrogen and oxygen atoms in total. The van der Waals surface area contributed by atoms with Crippen LogP contribution in [0.5, 0.6) is 0 Å². The normalized spacial score (nSPS) is 11.7. The first-order valence-electron chi connectivity index (χ1n) is 16.7. The number of hydrogen-bond acceptors (Lipinski definition) is 2. The number of hydrogen-bond donors (Lipinski definition) is 0. The van der Waals surface area contributed by atoms with Crippen molar-refractivity contribution in [2.45, 2.75) is 0 Å². The van der Waals surface area contributed by atoms with Gasteiger partial charge in [-0.25, -0.2) is 0 Å². The van der Waals surface area contributed by atoms with E-state index in [2.05, 4.69) is 191 Å². The summed E-state index contributed by atoms with van der Waals surface area (Å²) in [5, 5.41) is 6.97. The first-order valence-corrected chi connectivity index (χ1v) is 16.7. The van der Waals surface area contributed by atoms with E-state index in [4.69, 9.17) is 4.42 Å². The zero-order chi connectivity index (χ0) is 32.3.